The molecule has 0 aliphatic heterocycles. The molecule has 0 radical (unpaired) electrons. The summed E-state index contributed by atoms with van der Waals surface area (Å²) >= 11 is 0. The fourth-order valence-electron chi connectivity index (χ4n) is 5.73. The lowest BCUT2D eigenvalue weighted by Gasteiger charge is -2.18. The summed E-state index contributed by atoms with van der Waals surface area (Å²) in [6.45, 7) is 3.68. The Bertz CT molecular complexity index is 726. The summed E-state index contributed by atoms with van der Waals surface area (Å²) in [6, 6.07) is 0. The summed E-state index contributed by atoms with van der Waals surface area (Å²) in [5.74, 6) is -0.873. The lowest BCUT2D eigenvalue weighted by atomic mass is 10.0. The molecule has 0 unspecified atom stereocenters. The molecule has 0 spiro atoms. The van der Waals surface area contributed by atoms with E-state index in [0.29, 0.717) is 6.42 Å². The number of hydrogen-bond donors (Lipinski definition) is 2. The van der Waals surface area contributed by atoms with Crippen molar-refractivity contribution in [3.63, 3.8) is 0 Å². The topological polar surface area (TPSA) is 119 Å². The van der Waals surface area contributed by atoms with Crippen molar-refractivity contribution < 1.29 is 37.9 Å². The standard InChI is InChI=1S/C37H73O8P/c1-3-5-7-9-11-13-15-16-17-18-19-20-21-22-24-25-27-29-31-36(38)43-33-35(34-44-46(40,41)42)45-37(39)32-30-28-26-23-14-12-10-8-6-4-2/h35H,3-34H2,1-2H3,(H2,40,41,42)/t35-/m1/s1. The Morgan fingerprint density at radius 2 is 0.783 bits per heavy atom. The lowest BCUT2D eigenvalue weighted by molar-refractivity contribution is -0.161. The maximum atomic E-state index is 12.3. The molecule has 46 heavy (non-hydrogen) atoms. The number of ether oxygens (including phenoxy) is 2. The molecule has 0 fully saturated rings. The van der Waals surface area contributed by atoms with Crippen LogP contribution in [0.2, 0.25) is 0 Å². The van der Waals surface area contributed by atoms with Gasteiger partial charge in [0, 0.05) is 12.8 Å². The van der Waals surface area contributed by atoms with Crippen molar-refractivity contribution in [1.82, 2.24) is 0 Å². The quantitative estimate of drug-likeness (QED) is 0.0382. The van der Waals surface area contributed by atoms with Crippen LogP contribution in [0.4, 0.5) is 0 Å². The Morgan fingerprint density at radius 3 is 1.11 bits per heavy atom. The van der Waals surface area contributed by atoms with E-state index >= 15 is 0 Å². The average Bonchev–Trinajstić information content (AvgIpc) is 3.02. The summed E-state index contributed by atoms with van der Waals surface area (Å²) in [6.07, 6.45) is 34.0. The fourth-order valence-corrected chi connectivity index (χ4v) is 6.09. The predicted molar refractivity (Wildman–Crippen MR) is 189 cm³/mol. The van der Waals surface area contributed by atoms with Gasteiger partial charge in [-0.15, -0.1) is 0 Å². The summed E-state index contributed by atoms with van der Waals surface area (Å²) < 4.78 is 26.3. The van der Waals surface area contributed by atoms with Gasteiger partial charge in [0.2, 0.25) is 0 Å². The zero-order chi connectivity index (χ0) is 34.0. The van der Waals surface area contributed by atoms with E-state index in [4.69, 9.17) is 19.3 Å². The van der Waals surface area contributed by atoms with Gasteiger partial charge in [0.05, 0.1) is 6.61 Å². The van der Waals surface area contributed by atoms with Gasteiger partial charge in [-0.3, -0.25) is 14.1 Å². The molecular formula is C37H73O8P. The SMILES string of the molecule is CCCCCCCCCCCCCCCCCCCCC(=O)OC[C@H](COP(=O)(O)O)OC(=O)CCCCCCCCCCCC. The highest BCUT2D eigenvalue weighted by Crippen LogP contribution is 2.36. The molecule has 274 valence electrons. The number of carbonyl (C=O) groups is 2. The van der Waals surface area contributed by atoms with Crippen molar-refractivity contribution in [2.24, 2.45) is 0 Å². The number of phosphoric ester groups is 1. The predicted octanol–water partition coefficient (Wildman–Crippen LogP) is 11.3. The van der Waals surface area contributed by atoms with Gasteiger partial charge in [0.1, 0.15) is 6.61 Å². The molecule has 0 aliphatic carbocycles. The van der Waals surface area contributed by atoms with Gasteiger partial charge >= 0.3 is 19.8 Å². The highest BCUT2D eigenvalue weighted by atomic mass is 31.2. The van der Waals surface area contributed by atoms with Gasteiger partial charge in [-0.05, 0) is 12.8 Å². The van der Waals surface area contributed by atoms with Crippen LogP contribution in [-0.4, -0.2) is 41.0 Å². The van der Waals surface area contributed by atoms with Crippen molar-refractivity contribution in [2.45, 2.75) is 213 Å². The highest BCUT2D eigenvalue weighted by Gasteiger charge is 2.22. The summed E-state index contributed by atoms with van der Waals surface area (Å²) in [5, 5.41) is 0. The van der Waals surface area contributed by atoms with Gasteiger partial charge in [0.15, 0.2) is 6.10 Å². The summed E-state index contributed by atoms with van der Waals surface area (Å²) in [5.41, 5.74) is 0. The molecule has 0 amide bonds. The van der Waals surface area contributed by atoms with Crippen molar-refractivity contribution in [3.05, 3.63) is 0 Å². The smallest absolute Gasteiger partial charge is 0.462 e. The normalized spacial score (nSPS) is 12.3. The van der Waals surface area contributed by atoms with Crippen LogP contribution in [0.5, 0.6) is 0 Å². The molecule has 0 aliphatic rings. The van der Waals surface area contributed by atoms with Crippen molar-refractivity contribution in [2.75, 3.05) is 13.2 Å². The number of phosphoric acid groups is 1. The molecule has 0 bridgehead atoms. The second kappa shape index (κ2) is 33.9. The zero-order valence-electron chi connectivity index (χ0n) is 30.0. The summed E-state index contributed by atoms with van der Waals surface area (Å²) in [7, 11) is -4.74. The Kier molecular flexibility index (Phi) is 33.2. The first-order chi connectivity index (χ1) is 22.3. The molecule has 2 N–H and O–H groups in total. The van der Waals surface area contributed by atoms with Gasteiger partial charge in [-0.25, -0.2) is 4.57 Å². The van der Waals surface area contributed by atoms with Crippen molar-refractivity contribution in [1.29, 1.82) is 0 Å². The molecule has 0 aromatic rings. The lowest BCUT2D eigenvalue weighted by Crippen LogP contribution is -2.29. The van der Waals surface area contributed by atoms with Crippen LogP contribution >= 0.6 is 7.82 Å². The highest BCUT2D eigenvalue weighted by molar-refractivity contribution is 7.46. The van der Waals surface area contributed by atoms with Gasteiger partial charge in [-0.1, -0.05) is 181 Å². The number of unbranched alkanes of at least 4 members (excludes halogenated alkanes) is 26. The minimum atomic E-state index is -4.74. The van der Waals surface area contributed by atoms with Crippen LogP contribution in [0.3, 0.4) is 0 Å². The molecule has 8 nitrogen and oxygen atoms in total. The number of carbonyl (C=O) groups excluding carboxylic acids is 2. The van der Waals surface area contributed by atoms with E-state index in [1.165, 1.54) is 135 Å². The van der Waals surface area contributed by atoms with E-state index in [2.05, 4.69) is 18.4 Å². The Balaban J connectivity index is 3.85. The third kappa shape index (κ3) is 35.9. The Morgan fingerprint density at radius 1 is 0.478 bits per heavy atom. The molecular weight excluding hydrogens is 603 g/mol. The Labute approximate surface area is 283 Å². The summed E-state index contributed by atoms with van der Waals surface area (Å²) in [4.78, 5) is 42.6. The second-order valence-electron chi connectivity index (χ2n) is 13.3. The number of esters is 2. The van der Waals surface area contributed by atoms with Crippen molar-refractivity contribution >= 4 is 19.8 Å². The van der Waals surface area contributed by atoms with E-state index < -0.39 is 32.5 Å². The van der Waals surface area contributed by atoms with E-state index in [9.17, 15) is 14.2 Å². The maximum Gasteiger partial charge on any atom is 0.469 e. The van der Waals surface area contributed by atoms with E-state index in [1.807, 2.05) is 0 Å². The van der Waals surface area contributed by atoms with Crippen LogP contribution in [0.15, 0.2) is 0 Å². The third-order valence-corrected chi connectivity index (χ3v) is 9.11. The number of rotatable bonds is 36. The van der Waals surface area contributed by atoms with Crippen molar-refractivity contribution in [3.8, 4) is 0 Å². The molecule has 0 aromatic carbocycles. The van der Waals surface area contributed by atoms with Crippen LogP contribution in [0.25, 0.3) is 0 Å². The molecule has 0 saturated carbocycles. The van der Waals surface area contributed by atoms with Crippen LogP contribution in [0, 0.1) is 0 Å². The average molecular weight is 677 g/mol. The minimum absolute atomic E-state index is 0.218. The molecule has 9 heteroatoms. The van der Waals surface area contributed by atoms with Gasteiger partial charge in [0.25, 0.3) is 0 Å². The van der Waals surface area contributed by atoms with Crippen LogP contribution in [-0.2, 0) is 28.2 Å². The molecule has 1 atom stereocenters. The van der Waals surface area contributed by atoms with E-state index in [0.717, 1.165) is 38.5 Å². The third-order valence-electron chi connectivity index (χ3n) is 8.63. The monoisotopic (exact) mass is 677 g/mol. The first kappa shape index (κ1) is 45.0. The van der Waals surface area contributed by atoms with E-state index in [1.54, 1.807) is 0 Å². The van der Waals surface area contributed by atoms with Crippen LogP contribution in [0.1, 0.15) is 206 Å². The van der Waals surface area contributed by atoms with Gasteiger partial charge in [-0.2, -0.15) is 0 Å². The maximum absolute atomic E-state index is 12.3. The Hall–Kier alpha value is -0.950. The molecule has 0 rings (SSSR count). The fraction of sp³-hybridized carbons (Fsp3) is 0.946. The number of hydrogen-bond acceptors (Lipinski definition) is 6. The first-order valence-corrected chi connectivity index (χ1v) is 20.9. The first-order valence-electron chi connectivity index (χ1n) is 19.3. The minimum Gasteiger partial charge on any atom is -0.462 e. The molecule has 0 saturated heterocycles. The molecule has 0 heterocycles. The largest absolute Gasteiger partial charge is 0.469 e. The van der Waals surface area contributed by atoms with Crippen LogP contribution < -0.4 is 0 Å². The zero-order valence-corrected chi connectivity index (χ0v) is 30.9. The second-order valence-corrected chi connectivity index (χ2v) is 14.5. The molecule has 0 aromatic heterocycles. The van der Waals surface area contributed by atoms with Gasteiger partial charge < -0.3 is 19.3 Å². The van der Waals surface area contributed by atoms with E-state index in [-0.39, 0.29) is 19.4 Å².